The summed E-state index contributed by atoms with van der Waals surface area (Å²) < 4.78 is 10.1. The molecular weight excluding hydrogens is 308 g/mol. The number of nitrogens with one attached hydrogen (secondary N) is 1. The fraction of sp³-hybridized carbons (Fsp3) is 0.333. The summed E-state index contributed by atoms with van der Waals surface area (Å²) in [5, 5.41) is 2.85. The number of carbonyl (C=O) groups excluding carboxylic acids is 2. The predicted molar refractivity (Wildman–Crippen MR) is 91.0 cm³/mol. The highest BCUT2D eigenvalue weighted by Crippen LogP contribution is 2.18. The number of amides is 2. The van der Waals surface area contributed by atoms with Gasteiger partial charge >= 0.3 is 0 Å². The molecule has 0 saturated carbocycles. The van der Waals surface area contributed by atoms with Gasteiger partial charge in [0, 0.05) is 19.3 Å². The van der Waals surface area contributed by atoms with Gasteiger partial charge in [0.25, 0.3) is 5.91 Å². The number of carbonyl (C=O) groups is 2. The molecule has 6 nitrogen and oxygen atoms in total. The molecule has 0 aliphatic heterocycles. The molecule has 6 heteroatoms. The monoisotopic (exact) mass is 330 g/mol. The molecule has 0 bridgehead atoms. The Kier molecular flexibility index (Phi) is 6.14. The van der Waals surface area contributed by atoms with Crippen LogP contribution in [0.4, 0.5) is 5.69 Å². The first-order valence-electron chi connectivity index (χ1n) is 7.70. The highest BCUT2D eigenvalue weighted by atomic mass is 16.5. The van der Waals surface area contributed by atoms with Crippen LogP contribution in [0, 0.1) is 13.8 Å². The predicted octanol–water partition coefficient (Wildman–Crippen LogP) is 2.62. The number of hydrogen-bond acceptors (Lipinski definition) is 4. The first-order chi connectivity index (χ1) is 11.5. The summed E-state index contributed by atoms with van der Waals surface area (Å²) in [5.74, 6) is -0.404. The average molecular weight is 330 g/mol. The Morgan fingerprint density at radius 2 is 2.00 bits per heavy atom. The van der Waals surface area contributed by atoms with Gasteiger partial charge < -0.3 is 19.4 Å². The molecule has 0 unspecified atom stereocenters. The summed E-state index contributed by atoms with van der Waals surface area (Å²) in [7, 11) is 1.55. The molecule has 24 heavy (non-hydrogen) atoms. The lowest BCUT2D eigenvalue weighted by molar-refractivity contribution is -0.117. The van der Waals surface area contributed by atoms with E-state index in [1.807, 2.05) is 32.0 Å². The molecule has 2 amide bonds. The van der Waals surface area contributed by atoms with Crippen molar-refractivity contribution < 1.29 is 18.7 Å². The highest BCUT2D eigenvalue weighted by Gasteiger charge is 2.21. The number of rotatable bonds is 7. The molecule has 0 aliphatic rings. The summed E-state index contributed by atoms with van der Waals surface area (Å²) >= 11 is 0. The van der Waals surface area contributed by atoms with Crippen molar-refractivity contribution in [2.24, 2.45) is 0 Å². The molecule has 0 fully saturated rings. The number of benzene rings is 1. The van der Waals surface area contributed by atoms with Gasteiger partial charge in [-0.1, -0.05) is 12.1 Å². The molecule has 1 aromatic carbocycles. The number of aryl methyl sites for hydroxylation is 1. The third kappa shape index (κ3) is 4.45. The second kappa shape index (κ2) is 8.31. The second-order valence-corrected chi connectivity index (χ2v) is 5.49. The topological polar surface area (TPSA) is 71.8 Å². The SMILES string of the molecule is COCCN(CC(=O)Nc1cccc(C)c1C)C(=O)c1ccco1. The van der Waals surface area contributed by atoms with Gasteiger partial charge in [0.15, 0.2) is 5.76 Å². The van der Waals surface area contributed by atoms with Gasteiger partial charge in [-0.05, 0) is 43.2 Å². The van der Waals surface area contributed by atoms with E-state index in [9.17, 15) is 9.59 Å². The first-order valence-corrected chi connectivity index (χ1v) is 7.70. The summed E-state index contributed by atoms with van der Waals surface area (Å²) in [5.41, 5.74) is 2.85. The lowest BCUT2D eigenvalue weighted by atomic mass is 10.1. The van der Waals surface area contributed by atoms with E-state index in [1.54, 1.807) is 19.2 Å². The molecule has 2 aromatic rings. The van der Waals surface area contributed by atoms with Gasteiger partial charge in [-0.25, -0.2) is 0 Å². The van der Waals surface area contributed by atoms with Crippen molar-refractivity contribution in [2.45, 2.75) is 13.8 Å². The maximum Gasteiger partial charge on any atom is 0.290 e. The molecule has 0 radical (unpaired) electrons. The van der Waals surface area contributed by atoms with Gasteiger partial charge in [-0.15, -0.1) is 0 Å². The number of hydrogen-bond donors (Lipinski definition) is 1. The maximum atomic E-state index is 12.4. The quantitative estimate of drug-likeness (QED) is 0.847. The van der Waals surface area contributed by atoms with Crippen LogP contribution in [-0.2, 0) is 9.53 Å². The van der Waals surface area contributed by atoms with Crippen LogP contribution in [0.15, 0.2) is 41.0 Å². The van der Waals surface area contributed by atoms with Crippen LogP contribution < -0.4 is 5.32 Å². The molecule has 128 valence electrons. The first kappa shape index (κ1) is 17.7. The Hall–Kier alpha value is -2.60. The van der Waals surface area contributed by atoms with Crippen molar-refractivity contribution >= 4 is 17.5 Å². The zero-order valence-corrected chi connectivity index (χ0v) is 14.2. The van der Waals surface area contributed by atoms with E-state index < -0.39 is 0 Å². The summed E-state index contributed by atoms with van der Waals surface area (Å²) in [6, 6.07) is 8.92. The molecule has 0 aliphatic carbocycles. The van der Waals surface area contributed by atoms with Crippen LogP contribution in [0.5, 0.6) is 0 Å². The van der Waals surface area contributed by atoms with E-state index in [0.29, 0.717) is 13.2 Å². The van der Waals surface area contributed by atoms with Crippen molar-refractivity contribution in [1.82, 2.24) is 4.90 Å². The molecule has 0 spiro atoms. The summed E-state index contributed by atoms with van der Waals surface area (Å²) in [4.78, 5) is 26.2. The van der Waals surface area contributed by atoms with Gasteiger partial charge in [0.05, 0.1) is 12.9 Å². The Labute approximate surface area is 141 Å². The average Bonchev–Trinajstić information content (AvgIpc) is 3.09. The van der Waals surface area contributed by atoms with Crippen LogP contribution in [0.1, 0.15) is 21.7 Å². The number of methoxy groups -OCH3 is 1. The number of furan rings is 1. The van der Waals surface area contributed by atoms with Crippen LogP contribution in [0.25, 0.3) is 0 Å². The normalized spacial score (nSPS) is 10.5. The van der Waals surface area contributed by atoms with E-state index in [4.69, 9.17) is 9.15 Å². The van der Waals surface area contributed by atoms with Crippen molar-refractivity contribution in [3.05, 3.63) is 53.5 Å². The number of anilines is 1. The van der Waals surface area contributed by atoms with Gasteiger partial charge in [-0.2, -0.15) is 0 Å². The maximum absolute atomic E-state index is 12.4. The van der Waals surface area contributed by atoms with Crippen LogP contribution >= 0.6 is 0 Å². The lowest BCUT2D eigenvalue weighted by Gasteiger charge is -2.21. The van der Waals surface area contributed by atoms with E-state index in [0.717, 1.165) is 16.8 Å². The molecule has 1 heterocycles. The zero-order valence-electron chi connectivity index (χ0n) is 14.2. The second-order valence-electron chi connectivity index (χ2n) is 5.49. The third-order valence-corrected chi connectivity index (χ3v) is 3.80. The molecule has 1 aromatic heterocycles. The summed E-state index contributed by atoms with van der Waals surface area (Å²) in [6.45, 7) is 4.49. The number of ether oxygens (including phenoxy) is 1. The Balaban J connectivity index is 2.06. The minimum Gasteiger partial charge on any atom is -0.459 e. The fourth-order valence-corrected chi connectivity index (χ4v) is 2.26. The minimum absolute atomic E-state index is 0.0731. The van der Waals surface area contributed by atoms with Crippen molar-refractivity contribution in [1.29, 1.82) is 0 Å². The smallest absolute Gasteiger partial charge is 0.290 e. The number of nitrogens with zero attached hydrogens (tertiary/aromatic N) is 1. The van der Waals surface area contributed by atoms with Gasteiger partial charge in [0.2, 0.25) is 5.91 Å². The Morgan fingerprint density at radius 1 is 1.21 bits per heavy atom. The molecule has 2 rings (SSSR count). The van der Waals surface area contributed by atoms with E-state index in [1.165, 1.54) is 11.2 Å². The largest absolute Gasteiger partial charge is 0.459 e. The standard InChI is InChI=1S/C18H22N2O4/c1-13-6-4-7-15(14(13)2)19-17(21)12-20(9-11-23-3)18(22)16-8-5-10-24-16/h4-8,10H,9,11-12H2,1-3H3,(H,19,21). The highest BCUT2D eigenvalue weighted by molar-refractivity contribution is 5.98. The molecule has 0 atom stereocenters. The van der Waals surface area contributed by atoms with Crippen LogP contribution in [-0.4, -0.2) is 43.5 Å². The molecular formula is C18H22N2O4. The van der Waals surface area contributed by atoms with Gasteiger partial charge in [0.1, 0.15) is 6.54 Å². The van der Waals surface area contributed by atoms with E-state index in [-0.39, 0.29) is 24.1 Å². The zero-order chi connectivity index (χ0) is 17.5. The Bertz CT molecular complexity index is 695. The van der Waals surface area contributed by atoms with Crippen LogP contribution in [0.3, 0.4) is 0 Å². The van der Waals surface area contributed by atoms with E-state index in [2.05, 4.69) is 5.32 Å². The summed E-state index contributed by atoms with van der Waals surface area (Å²) in [6.07, 6.45) is 1.43. The van der Waals surface area contributed by atoms with Gasteiger partial charge in [-0.3, -0.25) is 9.59 Å². The lowest BCUT2D eigenvalue weighted by Crippen LogP contribution is -2.40. The van der Waals surface area contributed by atoms with Crippen molar-refractivity contribution in [2.75, 3.05) is 32.1 Å². The van der Waals surface area contributed by atoms with E-state index >= 15 is 0 Å². The van der Waals surface area contributed by atoms with Crippen molar-refractivity contribution in [3.63, 3.8) is 0 Å². The molecule has 1 N–H and O–H groups in total. The third-order valence-electron chi connectivity index (χ3n) is 3.80. The Morgan fingerprint density at radius 3 is 2.67 bits per heavy atom. The molecule has 0 saturated heterocycles. The minimum atomic E-state index is -0.340. The fourth-order valence-electron chi connectivity index (χ4n) is 2.26. The van der Waals surface area contributed by atoms with Crippen molar-refractivity contribution in [3.8, 4) is 0 Å². The van der Waals surface area contributed by atoms with Crippen LogP contribution in [0.2, 0.25) is 0 Å².